The van der Waals surface area contributed by atoms with Crippen molar-refractivity contribution in [3.8, 4) is 0 Å². The number of hydrogen-bond acceptors (Lipinski definition) is 4. The number of rotatable bonds is 2. The van der Waals surface area contributed by atoms with Crippen LogP contribution in [0.15, 0.2) is 18.3 Å². The van der Waals surface area contributed by atoms with Gasteiger partial charge in [0.25, 0.3) is 0 Å². The highest BCUT2D eigenvalue weighted by atomic mass is 16.5. The number of nitrogen functional groups attached to an aromatic ring is 1. The molecule has 4 nitrogen and oxygen atoms in total. The number of hydrogen-bond donors (Lipinski definition) is 1. The second-order valence-electron chi connectivity index (χ2n) is 3.79. The Morgan fingerprint density at radius 1 is 1.40 bits per heavy atom. The van der Waals surface area contributed by atoms with E-state index in [0.717, 1.165) is 31.7 Å². The summed E-state index contributed by atoms with van der Waals surface area (Å²) in [5.74, 6) is 0. The molecule has 0 amide bonds. The normalized spacial score (nSPS) is 20.1. The highest BCUT2D eigenvalue weighted by molar-refractivity contribution is 5.35. The van der Waals surface area contributed by atoms with E-state index in [9.17, 15) is 0 Å². The molecule has 1 aromatic heterocycles. The summed E-state index contributed by atoms with van der Waals surface area (Å²) < 4.78 is 11.0. The van der Waals surface area contributed by atoms with Crippen LogP contribution in [0, 0.1) is 0 Å². The SMILES string of the molecule is COC1(c2ccc(N)cn2)CCOCC1. The summed E-state index contributed by atoms with van der Waals surface area (Å²) in [5.41, 5.74) is 6.95. The van der Waals surface area contributed by atoms with Crippen LogP contribution in [-0.4, -0.2) is 25.3 Å². The number of aromatic nitrogens is 1. The van der Waals surface area contributed by atoms with Crippen LogP contribution in [0.1, 0.15) is 18.5 Å². The molecule has 0 bridgehead atoms. The molecule has 82 valence electrons. The fraction of sp³-hybridized carbons (Fsp3) is 0.545. The number of anilines is 1. The quantitative estimate of drug-likeness (QED) is 0.796. The maximum Gasteiger partial charge on any atom is 0.114 e. The molecule has 1 aliphatic heterocycles. The van der Waals surface area contributed by atoms with Gasteiger partial charge in [0, 0.05) is 33.2 Å². The summed E-state index contributed by atoms with van der Waals surface area (Å²) >= 11 is 0. The molecule has 0 aromatic carbocycles. The Bertz CT molecular complexity index is 318. The van der Waals surface area contributed by atoms with Crippen molar-refractivity contribution in [3.05, 3.63) is 24.0 Å². The lowest BCUT2D eigenvalue weighted by Gasteiger charge is -2.35. The van der Waals surface area contributed by atoms with Crippen molar-refractivity contribution in [2.75, 3.05) is 26.1 Å². The molecular weight excluding hydrogens is 192 g/mol. The monoisotopic (exact) mass is 208 g/mol. The Morgan fingerprint density at radius 3 is 2.67 bits per heavy atom. The first kappa shape index (κ1) is 10.4. The van der Waals surface area contributed by atoms with Crippen LogP contribution in [0.4, 0.5) is 5.69 Å². The summed E-state index contributed by atoms with van der Waals surface area (Å²) in [7, 11) is 1.73. The minimum absolute atomic E-state index is 0.286. The molecule has 1 aromatic rings. The van der Waals surface area contributed by atoms with Crippen molar-refractivity contribution in [2.45, 2.75) is 18.4 Å². The molecule has 15 heavy (non-hydrogen) atoms. The van der Waals surface area contributed by atoms with Crippen molar-refractivity contribution in [2.24, 2.45) is 0 Å². The Morgan fingerprint density at radius 2 is 2.13 bits per heavy atom. The van der Waals surface area contributed by atoms with E-state index in [-0.39, 0.29) is 5.60 Å². The Hall–Kier alpha value is -1.13. The van der Waals surface area contributed by atoms with Crippen LogP contribution in [0.25, 0.3) is 0 Å². The molecule has 0 aliphatic carbocycles. The summed E-state index contributed by atoms with van der Waals surface area (Å²) in [6, 6.07) is 3.79. The van der Waals surface area contributed by atoms with Gasteiger partial charge in [0.1, 0.15) is 5.60 Å². The van der Waals surface area contributed by atoms with Crippen molar-refractivity contribution in [3.63, 3.8) is 0 Å². The van der Waals surface area contributed by atoms with E-state index in [1.54, 1.807) is 13.3 Å². The van der Waals surface area contributed by atoms with Crippen LogP contribution in [0.5, 0.6) is 0 Å². The van der Waals surface area contributed by atoms with Crippen LogP contribution >= 0.6 is 0 Å². The van der Waals surface area contributed by atoms with Gasteiger partial charge < -0.3 is 15.2 Å². The van der Waals surface area contributed by atoms with Gasteiger partial charge in [0.05, 0.1) is 17.6 Å². The van der Waals surface area contributed by atoms with Crippen LogP contribution in [-0.2, 0) is 15.1 Å². The number of ether oxygens (including phenoxy) is 2. The van der Waals surface area contributed by atoms with Crippen molar-refractivity contribution < 1.29 is 9.47 Å². The molecule has 0 saturated carbocycles. The zero-order valence-electron chi connectivity index (χ0n) is 8.90. The number of nitrogens with two attached hydrogens (primary N) is 1. The van der Waals surface area contributed by atoms with Gasteiger partial charge in [-0.25, -0.2) is 0 Å². The van der Waals surface area contributed by atoms with E-state index in [4.69, 9.17) is 15.2 Å². The lowest BCUT2D eigenvalue weighted by Crippen LogP contribution is -2.36. The highest BCUT2D eigenvalue weighted by Gasteiger charge is 2.35. The van der Waals surface area contributed by atoms with Crippen molar-refractivity contribution in [1.29, 1.82) is 0 Å². The average Bonchev–Trinajstić information content (AvgIpc) is 2.31. The zero-order valence-corrected chi connectivity index (χ0v) is 8.90. The Balaban J connectivity index is 2.28. The lowest BCUT2D eigenvalue weighted by atomic mass is 9.90. The number of nitrogens with zero attached hydrogens (tertiary/aromatic N) is 1. The summed E-state index contributed by atoms with van der Waals surface area (Å²) in [6.45, 7) is 1.44. The van der Waals surface area contributed by atoms with E-state index in [2.05, 4.69) is 4.98 Å². The first-order valence-electron chi connectivity index (χ1n) is 5.12. The molecule has 0 unspecified atom stereocenters. The fourth-order valence-electron chi connectivity index (χ4n) is 1.94. The maximum absolute atomic E-state index is 5.62. The van der Waals surface area contributed by atoms with Crippen molar-refractivity contribution in [1.82, 2.24) is 4.98 Å². The second kappa shape index (κ2) is 4.16. The molecule has 1 aliphatic rings. The Labute approximate surface area is 89.4 Å². The molecule has 1 fully saturated rings. The number of methoxy groups -OCH3 is 1. The van der Waals surface area contributed by atoms with Crippen LogP contribution < -0.4 is 5.73 Å². The average molecular weight is 208 g/mol. The minimum Gasteiger partial charge on any atom is -0.397 e. The standard InChI is InChI=1S/C11H16N2O2/c1-14-11(4-6-15-7-5-11)10-3-2-9(12)8-13-10/h2-3,8H,4-7,12H2,1H3. The van der Waals surface area contributed by atoms with Gasteiger partial charge in [-0.1, -0.05) is 0 Å². The molecule has 0 radical (unpaired) electrons. The van der Waals surface area contributed by atoms with E-state index in [0.29, 0.717) is 5.69 Å². The van der Waals surface area contributed by atoms with E-state index >= 15 is 0 Å². The largest absolute Gasteiger partial charge is 0.397 e. The van der Waals surface area contributed by atoms with Crippen molar-refractivity contribution >= 4 is 5.69 Å². The summed E-state index contributed by atoms with van der Waals surface area (Å²) in [6.07, 6.45) is 3.37. The molecule has 4 heteroatoms. The minimum atomic E-state index is -0.286. The first-order valence-corrected chi connectivity index (χ1v) is 5.12. The van der Waals surface area contributed by atoms with E-state index in [1.807, 2.05) is 12.1 Å². The van der Waals surface area contributed by atoms with Gasteiger partial charge in [0.2, 0.25) is 0 Å². The molecule has 2 N–H and O–H groups in total. The van der Waals surface area contributed by atoms with Crippen LogP contribution in [0.3, 0.4) is 0 Å². The molecule has 1 saturated heterocycles. The summed E-state index contributed by atoms with van der Waals surface area (Å²) in [4.78, 5) is 4.34. The van der Waals surface area contributed by atoms with Gasteiger partial charge >= 0.3 is 0 Å². The van der Waals surface area contributed by atoms with Gasteiger partial charge in [-0.15, -0.1) is 0 Å². The van der Waals surface area contributed by atoms with E-state index in [1.165, 1.54) is 0 Å². The highest BCUT2D eigenvalue weighted by Crippen LogP contribution is 2.34. The molecular formula is C11H16N2O2. The molecule has 2 heterocycles. The predicted molar refractivity (Wildman–Crippen MR) is 57.4 cm³/mol. The molecule has 0 atom stereocenters. The third kappa shape index (κ3) is 1.96. The zero-order chi connectivity index (χ0) is 10.7. The Kier molecular flexibility index (Phi) is 2.88. The van der Waals surface area contributed by atoms with Gasteiger partial charge in [-0.05, 0) is 12.1 Å². The van der Waals surface area contributed by atoms with E-state index < -0.39 is 0 Å². The fourth-order valence-corrected chi connectivity index (χ4v) is 1.94. The van der Waals surface area contributed by atoms with Gasteiger partial charge in [0.15, 0.2) is 0 Å². The molecule has 2 rings (SSSR count). The lowest BCUT2D eigenvalue weighted by molar-refractivity contribution is -0.0972. The van der Waals surface area contributed by atoms with Gasteiger partial charge in [-0.2, -0.15) is 0 Å². The third-order valence-corrected chi connectivity index (χ3v) is 2.94. The third-order valence-electron chi connectivity index (χ3n) is 2.94. The number of pyridine rings is 1. The van der Waals surface area contributed by atoms with Crippen LogP contribution in [0.2, 0.25) is 0 Å². The smallest absolute Gasteiger partial charge is 0.114 e. The summed E-state index contributed by atoms with van der Waals surface area (Å²) in [5, 5.41) is 0. The first-order chi connectivity index (χ1) is 7.27. The second-order valence-corrected chi connectivity index (χ2v) is 3.79. The molecule has 0 spiro atoms. The maximum atomic E-state index is 5.62. The topological polar surface area (TPSA) is 57.4 Å². The predicted octanol–water partition coefficient (Wildman–Crippen LogP) is 1.32. The van der Waals surface area contributed by atoms with Gasteiger partial charge in [-0.3, -0.25) is 4.98 Å².